The molecule has 8 heteroatoms. The largest absolute Gasteiger partial charge is 0.468 e. The van der Waals surface area contributed by atoms with Gasteiger partial charge in [-0.3, -0.25) is 14.5 Å². The molecule has 3 aromatic rings. The standard InChI is InChI=1S/C27H27Br2N3O3/c1-27(2,26(34)35-3)32-14-12-31(13-15-32)25(33)23-17-21(10-6-18-4-7-19(28)8-5-18)30-24-11-9-20(29)16-22(23)24/h4-11,16-17H,12-15H2,1-3H3/b10-6+. The molecule has 0 aliphatic carbocycles. The van der Waals surface area contributed by atoms with Gasteiger partial charge >= 0.3 is 5.97 Å². The van der Waals surface area contributed by atoms with Gasteiger partial charge in [0, 0.05) is 40.5 Å². The van der Waals surface area contributed by atoms with Gasteiger partial charge in [0.25, 0.3) is 5.91 Å². The molecule has 0 bridgehead atoms. The van der Waals surface area contributed by atoms with Crippen LogP contribution < -0.4 is 0 Å². The Bertz CT molecular complexity index is 1280. The number of carbonyl (C=O) groups is 2. The molecule has 4 rings (SSSR count). The van der Waals surface area contributed by atoms with E-state index in [1.54, 1.807) is 0 Å². The molecule has 6 nitrogen and oxygen atoms in total. The fraction of sp³-hybridized carbons (Fsp3) is 0.296. The van der Waals surface area contributed by atoms with Crippen LogP contribution in [0.1, 0.15) is 35.5 Å². The molecule has 35 heavy (non-hydrogen) atoms. The van der Waals surface area contributed by atoms with Gasteiger partial charge in [-0.2, -0.15) is 0 Å². The number of pyridine rings is 1. The number of carbonyl (C=O) groups excluding carboxylic acids is 2. The summed E-state index contributed by atoms with van der Waals surface area (Å²) in [4.78, 5) is 34.6. The van der Waals surface area contributed by atoms with Crippen LogP contribution in [0, 0.1) is 0 Å². The molecular formula is C27H27Br2N3O3. The van der Waals surface area contributed by atoms with Crippen LogP contribution in [-0.4, -0.2) is 65.5 Å². The number of aromatic nitrogens is 1. The fourth-order valence-corrected chi connectivity index (χ4v) is 4.88. The SMILES string of the molecule is COC(=O)C(C)(C)N1CCN(C(=O)c2cc(/C=C/c3ccc(Br)cc3)nc3ccc(Br)cc23)CC1. The van der Waals surface area contributed by atoms with Crippen LogP contribution >= 0.6 is 31.9 Å². The first-order chi connectivity index (χ1) is 16.7. The summed E-state index contributed by atoms with van der Waals surface area (Å²) in [5.41, 5.74) is 2.41. The van der Waals surface area contributed by atoms with E-state index in [4.69, 9.17) is 9.72 Å². The summed E-state index contributed by atoms with van der Waals surface area (Å²) < 4.78 is 6.88. The predicted molar refractivity (Wildman–Crippen MR) is 146 cm³/mol. The molecule has 2 heterocycles. The number of hydrogen-bond donors (Lipinski definition) is 0. The third-order valence-electron chi connectivity index (χ3n) is 6.38. The number of benzene rings is 2. The first-order valence-electron chi connectivity index (χ1n) is 11.4. The minimum atomic E-state index is -0.733. The Hall–Kier alpha value is -2.55. The zero-order chi connectivity index (χ0) is 25.2. The van der Waals surface area contributed by atoms with Gasteiger partial charge in [0.2, 0.25) is 0 Å². The molecule has 1 aromatic heterocycles. The van der Waals surface area contributed by atoms with E-state index in [-0.39, 0.29) is 11.9 Å². The average Bonchev–Trinajstić information content (AvgIpc) is 2.87. The van der Waals surface area contributed by atoms with Crippen molar-refractivity contribution in [3.05, 3.63) is 74.3 Å². The molecule has 0 unspecified atom stereocenters. The summed E-state index contributed by atoms with van der Waals surface area (Å²) in [7, 11) is 1.40. The Labute approximate surface area is 222 Å². The number of ether oxygens (including phenoxy) is 1. The van der Waals surface area contributed by atoms with Crippen molar-refractivity contribution in [1.82, 2.24) is 14.8 Å². The Balaban J connectivity index is 1.61. The summed E-state index contributed by atoms with van der Waals surface area (Å²) >= 11 is 6.98. The molecule has 1 fully saturated rings. The second kappa shape index (κ2) is 10.6. The van der Waals surface area contributed by atoms with Crippen molar-refractivity contribution in [2.45, 2.75) is 19.4 Å². The van der Waals surface area contributed by atoms with Crippen LogP contribution in [0.5, 0.6) is 0 Å². The molecule has 1 amide bonds. The maximum Gasteiger partial charge on any atom is 0.325 e. The van der Waals surface area contributed by atoms with Crippen molar-refractivity contribution in [3.63, 3.8) is 0 Å². The second-order valence-electron chi connectivity index (χ2n) is 8.97. The van der Waals surface area contributed by atoms with Crippen LogP contribution in [0.15, 0.2) is 57.5 Å². The van der Waals surface area contributed by atoms with Crippen molar-refractivity contribution in [2.75, 3.05) is 33.3 Å². The monoisotopic (exact) mass is 599 g/mol. The summed E-state index contributed by atoms with van der Waals surface area (Å²) in [5, 5.41) is 0.808. The number of halogens is 2. The average molecular weight is 601 g/mol. The van der Waals surface area contributed by atoms with Gasteiger partial charge in [0.1, 0.15) is 5.54 Å². The highest BCUT2D eigenvalue weighted by Crippen LogP contribution is 2.26. The predicted octanol–water partition coefficient (Wildman–Crippen LogP) is 5.64. The quantitative estimate of drug-likeness (QED) is 0.355. The third-order valence-corrected chi connectivity index (χ3v) is 7.40. The minimum Gasteiger partial charge on any atom is -0.468 e. The third kappa shape index (κ3) is 5.66. The zero-order valence-corrected chi connectivity index (χ0v) is 23.1. The summed E-state index contributed by atoms with van der Waals surface area (Å²) in [5.74, 6) is -0.311. The minimum absolute atomic E-state index is 0.0377. The number of rotatable bonds is 5. The van der Waals surface area contributed by atoms with E-state index in [2.05, 4.69) is 36.8 Å². The molecule has 0 spiro atoms. The van der Waals surface area contributed by atoms with E-state index < -0.39 is 5.54 Å². The Kier molecular flexibility index (Phi) is 7.73. The van der Waals surface area contributed by atoms with Gasteiger partial charge in [0.05, 0.1) is 23.9 Å². The van der Waals surface area contributed by atoms with Crippen LogP contribution in [0.3, 0.4) is 0 Å². The topological polar surface area (TPSA) is 62.7 Å². The molecule has 0 atom stereocenters. The first kappa shape index (κ1) is 25.5. The van der Waals surface area contributed by atoms with Gasteiger partial charge in [0.15, 0.2) is 0 Å². The van der Waals surface area contributed by atoms with Crippen LogP contribution in [0.4, 0.5) is 0 Å². The van der Waals surface area contributed by atoms with Gasteiger partial charge in [-0.15, -0.1) is 0 Å². The number of piperazine rings is 1. The molecule has 182 valence electrons. The fourth-order valence-electron chi connectivity index (χ4n) is 4.25. The first-order valence-corrected chi connectivity index (χ1v) is 12.9. The van der Waals surface area contributed by atoms with Crippen LogP contribution in [0.2, 0.25) is 0 Å². The van der Waals surface area contributed by atoms with E-state index in [1.165, 1.54) is 7.11 Å². The molecule has 1 aliphatic heterocycles. The molecule has 2 aromatic carbocycles. The maximum absolute atomic E-state index is 13.7. The van der Waals surface area contributed by atoms with Gasteiger partial charge in [-0.25, -0.2) is 4.98 Å². The highest BCUT2D eigenvalue weighted by atomic mass is 79.9. The lowest BCUT2D eigenvalue weighted by Gasteiger charge is -2.42. The van der Waals surface area contributed by atoms with Crippen molar-refractivity contribution >= 4 is 66.8 Å². The van der Waals surface area contributed by atoms with Crippen molar-refractivity contribution in [2.24, 2.45) is 0 Å². The smallest absolute Gasteiger partial charge is 0.325 e. The Morgan fingerprint density at radius 1 is 0.943 bits per heavy atom. The Morgan fingerprint density at radius 2 is 1.60 bits per heavy atom. The van der Waals surface area contributed by atoms with Crippen molar-refractivity contribution < 1.29 is 14.3 Å². The Morgan fingerprint density at radius 3 is 2.26 bits per heavy atom. The molecule has 1 aliphatic rings. The van der Waals surface area contributed by atoms with Crippen LogP contribution in [-0.2, 0) is 9.53 Å². The number of methoxy groups -OCH3 is 1. The molecule has 0 radical (unpaired) electrons. The lowest BCUT2D eigenvalue weighted by atomic mass is 10.0. The van der Waals surface area contributed by atoms with E-state index in [1.807, 2.05) is 79.4 Å². The highest BCUT2D eigenvalue weighted by Gasteiger charge is 2.38. The lowest BCUT2D eigenvalue weighted by molar-refractivity contribution is -0.154. The normalized spacial score (nSPS) is 15.1. The number of hydrogen-bond acceptors (Lipinski definition) is 5. The summed E-state index contributed by atoms with van der Waals surface area (Å²) in [6.07, 6.45) is 3.92. The summed E-state index contributed by atoms with van der Waals surface area (Å²) in [6, 6.07) is 15.7. The van der Waals surface area contributed by atoms with E-state index in [0.717, 1.165) is 31.1 Å². The lowest BCUT2D eigenvalue weighted by Crippen LogP contribution is -2.59. The zero-order valence-electron chi connectivity index (χ0n) is 19.9. The van der Waals surface area contributed by atoms with Crippen molar-refractivity contribution in [3.8, 4) is 0 Å². The van der Waals surface area contributed by atoms with Gasteiger partial charge in [-0.05, 0) is 61.9 Å². The molecular weight excluding hydrogens is 574 g/mol. The number of fused-ring (bicyclic) bond motifs is 1. The molecule has 0 saturated carbocycles. The number of amides is 1. The van der Waals surface area contributed by atoms with Crippen LogP contribution in [0.25, 0.3) is 23.1 Å². The van der Waals surface area contributed by atoms with Gasteiger partial charge < -0.3 is 9.64 Å². The van der Waals surface area contributed by atoms with E-state index in [9.17, 15) is 9.59 Å². The van der Waals surface area contributed by atoms with Crippen molar-refractivity contribution in [1.29, 1.82) is 0 Å². The maximum atomic E-state index is 13.7. The highest BCUT2D eigenvalue weighted by molar-refractivity contribution is 9.10. The number of nitrogens with zero attached hydrogens (tertiary/aromatic N) is 3. The van der Waals surface area contributed by atoms with E-state index >= 15 is 0 Å². The molecule has 0 N–H and O–H groups in total. The van der Waals surface area contributed by atoms with Gasteiger partial charge in [-0.1, -0.05) is 50.1 Å². The second-order valence-corrected chi connectivity index (χ2v) is 10.8. The number of esters is 1. The molecule has 1 saturated heterocycles. The van der Waals surface area contributed by atoms with E-state index in [0.29, 0.717) is 31.7 Å². The summed E-state index contributed by atoms with van der Waals surface area (Å²) in [6.45, 7) is 5.96.